The number of aliphatic hydroxyl groups excluding tert-OH is 3. The molecule has 0 bridgehead atoms. The number of Topliss-reactive ketones (excluding diaryl/α,β-unsaturated/α-hetero) is 1. The van der Waals surface area contributed by atoms with Crippen molar-refractivity contribution in [1.29, 1.82) is 0 Å². The number of rotatable bonds is 8. The van der Waals surface area contributed by atoms with E-state index >= 15 is 0 Å². The summed E-state index contributed by atoms with van der Waals surface area (Å²) in [4.78, 5) is 35.6. The molecule has 1 fully saturated rings. The Balaban J connectivity index is 1.58. The number of hydrogen-bond donors (Lipinski definition) is 5. The van der Waals surface area contributed by atoms with Crippen LogP contribution in [-0.2, 0) is 23.8 Å². The monoisotopic (exact) mass is 566 g/mol. The molecule has 41 heavy (non-hydrogen) atoms. The fourth-order valence-electron chi connectivity index (χ4n) is 4.94. The van der Waals surface area contributed by atoms with Crippen molar-refractivity contribution in [3.63, 3.8) is 0 Å². The van der Waals surface area contributed by atoms with Crippen LogP contribution >= 0.6 is 0 Å². The van der Waals surface area contributed by atoms with Crippen LogP contribution in [0.15, 0.2) is 54.3 Å². The van der Waals surface area contributed by atoms with Gasteiger partial charge in [-0.25, -0.2) is 0 Å². The third kappa shape index (κ3) is 5.21. The molecule has 1 heterocycles. The van der Waals surface area contributed by atoms with Gasteiger partial charge in [0.15, 0.2) is 17.3 Å². The van der Waals surface area contributed by atoms with Gasteiger partial charge in [-0.2, -0.15) is 0 Å². The van der Waals surface area contributed by atoms with Crippen molar-refractivity contribution < 1.29 is 58.9 Å². The average Bonchev–Trinajstić information content (AvgIpc) is 2.95. The molecule has 1 aliphatic heterocycles. The van der Waals surface area contributed by atoms with Gasteiger partial charge in [0.25, 0.3) is 0 Å². The normalized spacial score (nSPS) is 23.6. The number of carbonyl (C=O) groups excluding carboxylic acids is 2. The molecular weight excluding hydrogens is 540 g/mol. The van der Waals surface area contributed by atoms with Crippen LogP contribution in [0, 0.1) is 0 Å². The Bertz CT molecular complexity index is 1550. The second kappa shape index (κ2) is 11.2. The lowest BCUT2D eigenvalue weighted by molar-refractivity contribution is -0.278. The van der Waals surface area contributed by atoms with Gasteiger partial charge in [0.2, 0.25) is 12.1 Å². The lowest BCUT2D eigenvalue weighted by Gasteiger charge is -2.40. The zero-order valence-corrected chi connectivity index (χ0v) is 21.6. The molecule has 5 atom stereocenters. The molecule has 0 radical (unpaired) electrons. The van der Waals surface area contributed by atoms with Gasteiger partial charge >= 0.3 is 11.9 Å². The highest BCUT2D eigenvalue weighted by Gasteiger charge is 2.46. The first-order valence-electron chi connectivity index (χ1n) is 12.5. The van der Waals surface area contributed by atoms with Crippen LogP contribution < -0.4 is 4.74 Å². The highest BCUT2D eigenvalue weighted by Crippen LogP contribution is 2.47. The van der Waals surface area contributed by atoms with Crippen molar-refractivity contribution >= 4 is 34.6 Å². The molecule has 2 aliphatic rings. The van der Waals surface area contributed by atoms with E-state index in [0.717, 1.165) is 5.56 Å². The number of aromatic hydroxyl groups is 1. The summed E-state index contributed by atoms with van der Waals surface area (Å²) in [7, 11) is 1.36. The minimum Gasteiger partial charge on any atom is -0.504 e. The molecule has 0 spiro atoms. The zero-order chi connectivity index (χ0) is 29.4. The van der Waals surface area contributed by atoms with Crippen LogP contribution in [0.5, 0.6) is 11.5 Å². The van der Waals surface area contributed by atoms with Crippen LogP contribution in [0.1, 0.15) is 22.3 Å². The maximum Gasteiger partial charge on any atom is 0.317 e. The van der Waals surface area contributed by atoms with Gasteiger partial charge in [-0.1, -0.05) is 36.4 Å². The van der Waals surface area contributed by atoms with Crippen LogP contribution in [-0.4, -0.2) is 87.7 Å². The first-order valence-corrected chi connectivity index (χ1v) is 12.5. The summed E-state index contributed by atoms with van der Waals surface area (Å²) in [6, 6.07) is 13.7. The summed E-state index contributed by atoms with van der Waals surface area (Å²) in [5.41, 5.74) is 2.04. The summed E-state index contributed by atoms with van der Waals surface area (Å²) in [6.07, 6.45) is -7.90. The zero-order valence-electron chi connectivity index (χ0n) is 21.6. The fourth-order valence-corrected chi connectivity index (χ4v) is 4.94. The molecule has 12 heteroatoms. The standard InChI is InChI=1S/C29H26O12/c1-38-18-10-14-9-17(30)28(23-15(13-5-3-2-4-6-13)7-8-16(22(14)23)24(18)34)41-29-27(37)26(36)25(35)19(40-29)12-39-21(33)11-20(31)32/h2-10,19,25-27,29-30,35-37H,11-12H2,1H3,(H,31,32)/t19-,25-,26+,27-,29-/m1/s1. The Labute approximate surface area is 232 Å². The number of aliphatic carboxylic acids is 1. The largest absolute Gasteiger partial charge is 0.504 e. The van der Waals surface area contributed by atoms with Crippen LogP contribution in [0.25, 0.3) is 28.0 Å². The SMILES string of the molecule is COC1=Cc2cc(O)c(O[C@H]3O[C@H](COC(=O)CC(=O)O)[C@@H](O)[C@H](O)[C@H]3O)c3c(-c4ccccc4)ccc(c23)C1=O. The second-order valence-electron chi connectivity index (χ2n) is 9.52. The average molecular weight is 567 g/mol. The molecule has 0 amide bonds. The second-order valence-corrected chi connectivity index (χ2v) is 9.52. The fraction of sp³-hybridized carbons (Fsp3) is 0.276. The minimum atomic E-state index is -1.82. The van der Waals surface area contributed by atoms with E-state index in [0.29, 0.717) is 21.9 Å². The Hall–Kier alpha value is -4.49. The number of phenols is 1. The molecule has 0 unspecified atom stereocenters. The summed E-state index contributed by atoms with van der Waals surface area (Å²) in [5, 5.41) is 52.2. The Kier molecular flexibility index (Phi) is 7.65. The molecule has 3 aromatic carbocycles. The van der Waals surface area contributed by atoms with E-state index < -0.39 is 61.5 Å². The van der Waals surface area contributed by atoms with Crippen LogP contribution in [0.3, 0.4) is 0 Å². The van der Waals surface area contributed by atoms with Gasteiger partial charge in [-0.15, -0.1) is 0 Å². The molecule has 0 saturated carbocycles. The summed E-state index contributed by atoms with van der Waals surface area (Å²) in [6.45, 7) is -0.652. The molecular formula is C29H26O12. The molecule has 214 valence electrons. The van der Waals surface area contributed by atoms with Crippen LogP contribution in [0.2, 0.25) is 0 Å². The number of ketones is 1. The van der Waals surface area contributed by atoms with Gasteiger partial charge in [0.1, 0.15) is 37.4 Å². The third-order valence-corrected chi connectivity index (χ3v) is 6.91. The van der Waals surface area contributed by atoms with Gasteiger partial charge < -0.3 is 44.5 Å². The van der Waals surface area contributed by atoms with Gasteiger partial charge in [-0.05, 0) is 34.9 Å². The van der Waals surface area contributed by atoms with E-state index in [1.54, 1.807) is 24.3 Å². The highest BCUT2D eigenvalue weighted by molar-refractivity contribution is 6.25. The predicted octanol–water partition coefficient (Wildman–Crippen LogP) is 1.60. The van der Waals surface area contributed by atoms with E-state index in [-0.39, 0.29) is 22.8 Å². The van der Waals surface area contributed by atoms with Gasteiger partial charge in [0, 0.05) is 16.3 Å². The molecule has 3 aromatic rings. The molecule has 12 nitrogen and oxygen atoms in total. The smallest absolute Gasteiger partial charge is 0.317 e. The van der Waals surface area contributed by atoms with Crippen molar-refractivity contribution in [3.8, 4) is 22.6 Å². The molecule has 0 aromatic heterocycles. The van der Waals surface area contributed by atoms with Gasteiger partial charge in [-0.3, -0.25) is 14.4 Å². The van der Waals surface area contributed by atoms with Crippen molar-refractivity contribution in [2.75, 3.05) is 13.7 Å². The van der Waals surface area contributed by atoms with Crippen molar-refractivity contribution in [3.05, 3.63) is 65.4 Å². The number of esters is 1. The van der Waals surface area contributed by atoms with E-state index in [1.165, 1.54) is 19.3 Å². The third-order valence-electron chi connectivity index (χ3n) is 6.91. The maximum absolute atomic E-state index is 13.1. The number of allylic oxidation sites excluding steroid dienone is 1. The quantitative estimate of drug-likeness (QED) is 0.196. The van der Waals surface area contributed by atoms with Crippen LogP contribution in [0.4, 0.5) is 0 Å². The van der Waals surface area contributed by atoms with Crippen molar-refractivity contribution in [1.82, 2.24) is 0 Å². The number of benzene rings is 3. The number of carbonyl (C=O) groups is 3. The lowest BCUT2D eigenvalue weighted by atomic mass is 9.86. The lowest BCUT2D eigenvalue weighted by Crippen LogP contribution is -2.60. The topological polar surface area (TPSA) is 189 Å². The highest BCUT2D eigenvalue weighted by atomic mass is 16.7. The van der Waals surface area contributed by atoms with Crippen molar-refractivity contribution in [2.45, 2.75) is 37.1 Å². The summed E-state index contributed by atoms with van der Waals surface area (Å²) in [5.74, 6) is -3.41. The number of aliphatic hydroxyl groups is 3. The number of ether oxygens (including phenoxy) is 4. The number of carboxylic acid groups (broad SMARTS) is 1. The maximum atomic E-state index is 13.1. The minimum absolute atomic E-state index is 0.0720. The predicted molar refractivity (Wildman–Crippen MR) is 141 cm³/mol. The van der Waals surface area contributed by atoms with E-state index in [2.05, 4.69) is 0 Å². The number of methoxy groups -OCH3 is 1. The Morgan fingerprint density at radius 3 is 2.34 bits per heavy atom. The van der Waals surface area contributed by atoms with E-state index in [4.69, 9.17) is 24.1 Å². The Morgan fingerprint density at radius 2 is 1.66 bits per heavy atom. The van der Waals surface area contributed by atoms with Gasteiger partial charge in [0.05, 0.1) is 7.11 Å². The Morgan fingerprint density at radius 1 is 0.951 bits per heavy atom. The summed E-state index contributed by atoms with van der Waals surface area (Å²) < 4.78 is 21.7. The first-order chi connectivity index (χ1) is 19.6. The van der Waals surface area contributed by atoms with E-state index in [9.17, 15) is 34.8 Å². The molecule has 1 aliphatic carbocycles. The first kappa shape index (κ1) is 28.1. The molecule has 5 rings (SSSR count). The number of phenolic OH excluding ortho intramolecular Hbond substituents is 1. The number of hydrogen-bond acceptors (Lipinski definition) is 11. The number of carboxylic acids is 1. The molecule has 5 N–H and O–H groups in total. The van der Waals surface area contributed by atoms with E-state index in [1.807, 2.05) is 18.2 Å². The summed E-state index contributed by atoms with van der Waals surface area (Å²) >= 11 is 0. The molecule has 1 saturated heterocycles. The van der Waals surface area contributed by atoms with Crippen molar-refractivity contribution in [2.24, 2.45) is 0 Å².